The number of nitrogens with zero attached hydrogens (tertiary/aromatic N) is 2. The van der Waals surface area contributed by atoms with Crippen molar-refractivity contribution in [3.63, 3.8) is 0 Å². The SMILES string of the molecule is CCc1cc(-c2scnc2C)ccc1[C@H](C)NC(=O)C1CCCN1C(=O)[C@H](C(C)C)C(O)CC(C)=N. The van der Waals surface area contributed by atoms with Crippen LogP contribution in [0.3, 0.4) is 0 Å². The van der Waals surface area contributed by atoms with Crippen LogP contribution < -0.4 is 5.32 Å². The van der Waals surface area contributed by atoms with Crippen LogP contribution in [0.15, 0.2) is 23.7 Å². The number of aromatic nitrogens is 1. The smallest absolute Gasteiger partial charge is 0.243 e. The normalized spacial score (nSPS) is 18.2. The summed E-state index contributed by atoms with van der Waals surface area (Å²) in [5.41, 5.74) is 6.61. The molecule has 1 aromatic carbocycles. The number of hydrogen-bond donors (Lipinski definition) is 3. The molecule has 2 aromatic rings. The van der Waals surface area contributed by atoms with Crippen molar-refractivity contribution in [1.29, 1.82) is 5.41 Å². The molecule has 0 spiro atoms. The molecule has 3 N–H and O–H groups in total. The lowest BCUT2D eigenvalue weighted by atomic mass is 9.86. The van der Waals surface area contributed by atoms with Crippen molar-refractivity contribution in [2.24, 2.45) is 11.8 Å². The number of nitrogens with one attached hydrogen (secondary N) is 2. The number of aliphatic hydroxyl groups excluding tert-OH is 1. The lowest BCUT2D eigenvalue weighted by Crippen LogP contribution is -2.51. The molecule has 1 aliphatic heterocycles. The molecule has 196 valence electrons. The fourth-order valence-electron chi connectivity index (χ4n) is 5.27. The van der Waals surface area contributed by atoms with Crippen molar-refractivity contribution in [1.82, 2.24) is 15.2 Å². The van der Waals surface area contributed by atoms with Gasteiger partial charge >= 0.3 is 0 Å². The number of thiazole rings is 1. The molecule has 1 saturated heterocycles. The van der Waals surface area contributed by atoms with Crippen LogP contribution >= 0.6 is 11.3 Å². The number of aryl methyl sites for hydroxylation is 2. The highest BCUT2D eigenvalue weighted by molar-refractivity contribution is 7.13. The Bertz CT molecular complexity index is 1100. The highest BCUT2D eigenvalue weighted by Gasteiger charge is 2.40. The first-order chi connectivity index (χ1) is 17.0. The zero-order valence-electron chi connectivity index (χ0n) is 22.3. The summed E-state index contributed by atoms with van der Waals surface area (Å²) >= 11 is 1.63. The zero-order valence-corrected chi connectivity index (χ0v) is 23.1. The Labute approximate surface area is 218 Å². The predicted molar refractivity (Wildman–Crippen MR) is 145 cm³/mol. The van der Waals surface area contributed by atoms with Gasteiger partial charge in [-0.05, 0) is 68.7 Å². The molecule has 2 heterocycles. The molecule has 1 aromatic heterocycles. The van der Waals surface area contributed by atoms with E-state index >= 15 is 0 Å². The van der Waals surface area contributed by atoms with Crippen molar-refractivity contribution < 1.29 is 14.7 Å². The Morgan fingerprint density at radius 3 is 2.61 bits per heavy atom. The summed E-state index contributed by atoms with van der Waals surface area (Å²) in [6.07, 6.45) is 1.44. The number of carbonyl (C=O) groups excluding carboxylic acids is 2. The number of carbonyl (C=O) groups is 2. The highest BCUT2D eigenvalue weighted by Crippen LogP contribution is 2.31. The standard InChI is InChI=1S/C28H40N4O3S/c1-7-20-14-21(26-19(6)30-15-36-26)10-11-22(20)18(5)31-27(34)23-9-8-12-32(23)28(35)25(16(2)3)24(33)13-17(4)29/h10-11,14-16,18,23-25,29,33H,7-9,12-13H2,1-6H3,(H,31,34)/t18-,23?,24?,25+/m0/s1. The maximum atomic E-state index is 13.5. The second-order valence-corrected chi connectivity index (χ2v) is 11.1. The van der Waals surface area contributed by atoms with Crippen LogP contribution in [0, 0.1) is 24.2 Å². The monoisotopic (exact) mass is 512 g/mol. The molecule has 2 unspecified atom stereocenters. The summed E-state index contributed by atoms with van der Waals surface area (Å²) < 4.78 is 0. The maximum absolute atomic E-state index is 13.5. The second kappa shape index (κ2) is 12.1. The molecule has 0 aliphatic carbocycles. The van der Waals surface area contributed by atoms with Crippen molar-refractivity contribution in [3.8, 4) is 10.4 Å². The molecule has 4 atom stereocenters. The summed E-state index contributed by atoms with van der Waals surface area (Å²) in [7, 11) is 0. The van der Waals surface area contributed by atoms with Crippen LogP contribution in [0.4, 0.5) is 0 Å². The molecule has 0 bridgehead atoms. The van der Waals surface area contributed by atoms with E-state index in [9.17, 15) is 14.7 Å². The van der Waals surface area contributed by atoms with Gasteiger partial charge in [-0.2, -0.15) is 0 Å². The van der Waals surface area contributed by atoms with E-state index in [1.165, 1.54) is 5.56 Å². The maximum Gasteiger partial charge on any atom is 0.243 e. The Kier molecular flexibility index (Phi) is 9.41. The molecule has 3 rings (SSSR count). The number of aliphatic hydroxyl groups is 1. The average molecular weight is 513 g/mol. The Morgan fingerprint density at radius 2 is 2.03 bits per heavy atom. The molecule has 2 amide bonds. The first-order valence-corrected chi connectivity index (χ1v) is 13.8. The summed E-state index contributed by atoms with van der Waals surface area (Å²) in [6.45, 7) is 12.1. The van der Waals surface area contributed by atoms with Crippen molar-refractivity contribution >= 4 is 28.9 Å². The minimum Gasteiger partial charge on any atom is -0.392 e. The molecule has 0 radical (unpaired) electrons. The van der Waals surface area contributed by atoms with Gasteiger partial charge in [0.15, 0.2) is 0 Å². The summed E-state index contributed by atoms with van der Waals surface area (Å²) in [5, 5.41) is 21.5. The van der Waals surface area contributed by atoms with Gasteiger partial charge in [0.1, 0.15) is 6.04 Å². The fraction of sp³-hybridized carbons (Fsp3) is 0.571. The lowest BCUT2D eigenvalue weighted by Gasteiger charge is -2.33. The first-order valence-electron chi connectivity index (χ1n) is 12.9. The Hall–Kier alpha value is -2.58. The van der Waals surface area contributed by atoms with Gasteiger partial charge in [0.05, 0.1) is 34.1 Å². The molecule has 8 heteroatoms. The molecule has 1 fully saturated rings. The van der Waals surface area contributed by atoms with E-state index in [0.717, 1.165) is 34.5 Å². The highest BCUT2D eigenvalue weighted by atomic mass is 32.1. The fourth-order valence-corrected chi connectivity index (χ4v) is 6.07. The van der Waals surface area contributed by atoms with E-state index in [1.54, 1.807) is 23.2 Å². The van der Waals surface area contributed by atoms with Gasteiger partial charge in [-0.25, -0.2) is 4.98 Å². The predicted octanol–water partition coefficient (Wildman–Crippen LogP) is 4.91. The van der Waals surface area contributed by atoms with Crippen molar-refractivity contribution in [2.75, 3.05) is 6.54 Å². The molecule has 36 heavy (non-hydrogen) atoms. The van der Waals surface area contributed by atoms with Crippen LogP contribution in [0.1, 0.15) is 76.7 Å². The topological polar surface area (TPSA) is 106 Å². The van der Waals surface area contributed by atoms with Crippen LogP contribution in [-0.4, -0.2) is 51.2 Å². The molecular formula is C28H40N4O3S. The van der Waals surface area contributed by atoms with E-state index in [4.69, 9.17) is 5.41 Å². The number of benzene rings is 1. The molecular weight excluding hydrogens is 472 g/mol. The third-order valence-electron chi connectivity index (χ3n) is 7.13. The Balaban J connectivity index is 1.75. The van der Waals surface area contributed by atoms with Crippen LogP contribution in [0.2, 0.25) is 0 Å². The van der Waals surface area contributed by atoms with Gasteiger partial charge < -0.3 is 20.7 Å². The summed E-state index contributed by atoms with van der Waals surface area (Å²) in [4.78, 5) is 34.0. The number of rotatable bonds is 10. The van der Waals surface area contributed by atoms with Crippen molar-refractivity contribution in [2.45, 2.75) is 85.4 Å². The number of amides is 2. The number of hydrogen-bond acceptors (Lipinski definition) is 6. The van der Waals surface area contributed by atoms with Gasteiger partial charge in [0.2, 0.25) is 11.8 Å². The van der Waals surface area contributed by atoms with Gasteiger partial charge in [0.25, 0.3) is 0 Å². The van der Waals surface area contributed by atoms with E-state index in [2.05, 4.69) is 35.4 Å². The molecule has 0 saturated carbocycles. The number of likely N-dealkylation sites (tertiary alicyclic amines) is 1. The van der Waals surface area contributed by atoms with Crippen LogP contribution in [0.5, 0.6) is 0 Å². The molecule has 1 aliphatic rings. The van der Waals surface area contributed by atoms with E-state index in [-0.39, 0.29) is 30.2 Å². The van der Waals surface area contributed by atoms with Gasteiger partial charge in [-0.3, -0.25) is 9.59 Å². The second-order valence-electron chi connectivity index (χ2n) is 10.3. The van der Waals surface area contributed by atoms with Crippen molar-refractivity contribution in [3.05, 3.63) is 40.5 Å². The van der Waals surface area contributed by atoms with E-state index in [0.29, 0.717) is 18.7 Å². The first kappa shape index (κ1) is 28.0. The zero-order chi connectivity index (χ0) is 26.6. The third-order valence-corrected chi connectivity index (χ3v) is 8.11. The van der Waals surface area contributed by atoms with E-state index in [1.807, 2.05) is 33.2 Å². The minimum atomic E-state index is -0.925. The summed E-state index contributed by atoms with van der Waals surface area (Å²) in [5.74, 6) is -1.07. The largest absolute Gasteiger partial charge is 0.392 e. The van der Waals surface area contributed by atoms with Crippen LogP contribution in [0.25, 0.3) is 10.4 Å². The molecule has 7 nitrogen and oxygen atoms in total. The quantitative estimate of drug-likeness (QED) is 0.393. The van der Waals surface area contributed by atoms with Gasteiger partial charge in [-0.1, -0.05) is 32.9 Å². The van der Waals surface area contributed by atoms with Gasteiger partial charge in [-0.15, -0.1) is 11.3 Å². The van der Waals surface area contributed by atoms with Gasteiger partial charge in [0, 0.05) is 18.7 Å². The average Bonchev–Trinajstić information content (AvgIpc) is 3.47. The third kappa shape index (κ3) is 6.21. The van der Waals surface area contributed by atoms with Crippen LogP contribution in [-0.2, 0) is 16.0 Å². The lowest BCUT2D eigenvalue weighted by molar-refractivity contribution is -0.146. The summed E-state index contributed by atoms with van der Waals surface area (Å²) in [6, 6.07) is 5.61. The van der Waals surface area contributed by atoms with E-state index < -0.39 is 18.1 Å². The minimum absolute atomic E-state index is 0.0945. The Morgan fingerprint density at radius 1 is 1.31 bits per heavy atom.